The molecule has 34 heavy (non-hydrogen) atoms. The van der Waals surface area contributed by atoms with E-state index in [4.69, 9.17) is 9.40 Å². The van der Waals surface area contributed by atoms with Crippen LogP contribution in [-0.2, 0) is 6.42 Å². The third-order valence-corrected chi connectivity index (χ3v) is 6.43. The molecule has 0 unspecified atom stereocenters. The second-order valence-electron chi connectivity index (χ2n) is 7.88. The number of furan rings is 1. The van der Waals surface area contributed by atoms with Gasteiger partial charge in [-0.25, -0.2) is 4.98 Å². The fraction of sp³-hybridized carbons (Fsp3) is 0.0370. The number of nitrogens with one attached hydrogen (secondary N) is 1. The topological polar surface area (TPSA) is 80.9 Å². The van der Waals surface area contributed by atoms with Crippen LogP contribution in [0.15, 0.2) is 95.3 Å². The van der Waals surface area contributed by atoms with Crippen LogP contribution in [0, 0.1) is 0 Å². The summed E-state index contributed by atoms with van der Waals surface area (Å²) in [5.41, 5.74) is 7.54. The lowest BCUT2D eigenvalue weighted by Gasteiger charge is -2.12. The Balaban J connectivity index is 1.46. The number of rotatable bonds is 5. The number of nitrogens with zero attached hydrogens (tertiary/aromatic N) is 3. The minimum atomic E-state index is -0.215. The van der Waals surface area contributed by atoms with Crippen molar-refractivity contribution in [3.8, 4) is 11.1 Å². The van der Waals surface area contributed by atoms with E-state index in [2.05, 4.69) is 33.5 Å². The number of pyridine rings is 2. The third-order valence-electron chi connectivity index (χ3n) is 5.62. The van der Waals surface area contributed by atoms with Crippen LogP contribution < -0.4 is 5.32 Å². The predicted octanol–water partition coefficient (Wildman–Crippen LogP) is 6.34. The maximum absolute atomic E-state index is 13.4. The Morgan fingerprint density at radius 1 is 0.971 bits per heavy atom. The van der Waals surface area contributed by atoms with Gasteiger partial charge in [0.15, 0.2) is 0 Å². The van der Waals surface area contributed by atoms with E-state index in [0.717, 1.165) is 43.7 Å². The van der Waals surface area contributed by atoms with Crippen molar-refractivity contribution in [2.75, 3.05) is 5.32 Å². The number of hydrogen-bond donors (Lipinski definition) is 1. The van der Waals surface area contributed by atoms with Crippen LogP contribution >= 0.6 is 11.3 Å². The van der Waals surface area contributed by atoms with Gasteiger partial charge in [0.2, 0.25) is 0 Å². The Labute approximate surface area is 199 Å². The molecule has 6 rings (SSSR count). The molecule has 0 radical (unpaired) electrons. The van der Waals surface area contributed by atoms with Crippen LogP contribution in [0.5, 0.6) is 0 Å². The molecule has 0 aliphatic heterocycles. The van der Waals surface area contributed by atoms with Crippen molar-refractivity contribution < 1.29 is 9.21 Å². The molecule has 0 saturated carbocycles. The summed E-state index contributed by atoms with van der Waals surface area (Å²) in [5, 5.41) is 3.73. The summed E-state index contributed by atoms with van der Waals surface area (Å²) >= 11 is 1.62. The highest BCUT2D eigenvalue weighted by atomic mass is 32.1. The molecule has 0 bridgehead atoms. The molecule has 4 heterocycles. The monoisotopic (exact) mass is 462 g/mol. The molecule has 0 fully saturated rings. The number of aromatic nitrogens is 3. The van der Waals surface area contributed by atoms with Gasteiger partial charge >= 0.3 is 0 Å². The fourth-order valence-corrected chi connectivity index (χ4v) is 4.66. The highest BCUT2D eigenvalue weighted by molar-refractivity contribution is 7.16. The summed E-state index contributed by atoms with van der Waals surface area (Å²) in [4.78, 5) is 26.7. The van der Waals surface area contributed by atoms with E-state index in [9.17, 15) is 4.79 Å². The molecule has 4 aromatic heterocycles. The van der Waals surface area contributed by atoms with Crippen molar-refractivity contribution in [2.24, 2.45) is 0 Å². The van der Waals surface area contributed by atoms with Gasteiger partial charge < -0.3 is 9.73 Å². The van der Waals surface area contributed by atoms with E-state index in [-0.39, 0.29) is 5.91 Å². The Kier molecular flexibility index (Phi) is 5.08. The van der Waals surface area contributed by atoms with Gasteiger partial charge in [0, 0.05) is 23.7 Å². The molecule has 0 saturated heterocycles. The number of hydrogen-bond acceptors (Lipinski definition) is 6. The van der Waals surface area contributed by atoms with Crippen molar-refractivity contribution >= 4 is 44.1 Å². The first-order valence-corrected chi connectivity index (χ1v) is 11.6. The zero-order valence-electron chi connectivity index (χ0n) is 17.9. The Hall–Kier alpha value is -4.36. The van der Waals surface area contributed by atoms with Crippen molar-refractivity contribution in [3.63, 3.8) is 0 Å². The number of carbonyl (C=O) groups excluding carboxylic acids is 1. The van der Waals surface area contributed by atoms with E-state index < -0.39 is 0 Å². The van der Waals surface area contributed by atoms with Gasteiger partial charge in [-0.3, -0.25) is 14.8 Å². The lowest BCUT2D eigenvalue weighted by Crippen LogP contribution is -2.13. The van der Waals surface area contributed by atoms with Gasteiger partial charge in [-0.2, -0.15) is 0 Å². The van der Waals surface area contributed by atoms with Gasteiger partial charge in [-0.1, -0.05) is 12.1 Å². The maximum Gasteiger partial charge on any atom is 0.256 e. The number of carbonyl (C=O) groups is 1. The highest BCUT2D eigenvalue weighted by Crippen LogP contribution is 2.30. The van der Waals surface area contributed by atoms with Crippen molar-refractivity contribution in [2.45, 2.75) is 6.42 Å². The largest absolute Gasteiger partial charge is 0.469 e. The fourth-order valence-electron chi connectivity index (χ4n) is 4.00. The van der Waals surface area contributed by atoms with E-state index >= 15 is 0 Å². The van der Waals surface area contributed by atoms with Crippen LogP contribution in [0.4, 0.5) is 5.69 Å². The predicted molar refractivity (Wildman–Crippen MR) is 134 cm³/mol. The first kappa shape index (κ1) is 20.3. The Morgan fingerprint density at radius 3 is 2.74 bits per heavy atom. The highest BCUT2D eigenvalue weighted by Gasteiger charge is 2.16. The molecule has 1 amide bonds. The quantitative estimate of drug-likeness (QED) is 0.323. The lowest BCUT2D eigenvalue weighted by atomic mass is 9.99. The molecule has 6 nitrogen and oxygen atoms in total. The zero-order valence-corrected chi connectivity index (χ0v) is 18.8. The lowest BCUT2D eigenvalue weighted by molar-refractivity contribution is 0.102. The number of anilines is 1. The van der Waals surface area contributed by atoms with Gasteiger partial charge in [0.05, 0.1) is 45.0 Å². The molecule has 7 heteroatoms. The molecular formula is C27H18N4O2S. The molecule has 1 N–H and O–H groups in total. The normalized spacial score (nSPS) is 11.2. The van der Waals surface area contributed by atoms with Crippen molar-refractivity contribution in [1.29, 1.82) is 0 Å². The standard InChI is InChI=1S/C27H18N4O2S/c32-27(31-19-3-1-9-28-15-19)23-14-20(13-21-4-2-10-33-21)30-24-7-5-17(11-22(23)24)18-6-8-26-25(12-18)29-16-34-26/h1-12,14-16H,13H2,(H,31,32). The summed E-state index contributed by atoms with van der Waals surface area (Å²) < 4.78 is 6.64. The number of amides is 1. The summed E-state index contributed by atoms with van der Waals surface area (Å²) in [5.74, 6) is 0.576. The second kappa shape index (κ2) is 8.53. The molecule has 6 aromatic rings. The first-order chi connectivity index (χ1) is 16.7. The smallest absolute Gasteiger partial charge is 0.256 e. The average molecular weight is 463 g/mol. The van der Waals surface area contributed by atoms with Gasteiger partial charge in [0.1, 0.15) is 5.76 Å². The third kappa shape index (κ3) is 3.93. The van der Waals surface area contributed by atoms with Crippen LogP contribution in [0.2, 0.25) is 0 Å². The first-order valence-electron chi connectivity index (χ1n) is 10.7. The molecule has 0 spiro atoms. The van der Waals surface area contributed by atoms with Crippen molar-refractivity contribution in [1.82, 2.24) is 15.0 Å². The van der Waals surface area contributed by atoms with Crippen molar-refractivity contribution in [3.05, 3.63) is 108 Å². The molecule has 0 aliphatic carbocycles. The van der Waals surface area contributed by atoms with Crippen LogP contribution in [0.3, 0.4) is 0 Å². The summed E-state index contributed by atoms with van der Waals surface area (Å²) in [6, 6.07) is 21.4. The molecule has 0 aliphatic rings. The SMILES string of the molecule is O=C(Nc1cccnc1)c1cc(Cc2ccco2)nc2ccc(-c3ccc4scnc4c3)cc12. The van der Waals surface area contributed by atoms with E-state index in [1.165, 1.54) is 0 Å². The van der Waals surface area contributed by atoms with Crippen LogP contribution in [-0.4, -0.2) is 20.9 Å². The molecular weight excluding hydrogens is 444 g/mol. The summed E-state index contributed by atoms with van der Waals surface area (Å²) in [6.45, 7) is 0. The van der Waals surface area contributed by atoms with Gasteiger partial charge in [-0.05, 0) is 65.7 Å². The van der Waals surface area contributed by atoms with Crippen LogP contribution in [0.1, 0.15) is 21.8 Å². The van der Waals surface area contributed by atoms with Gasteiger partial charge in [0.25, 0.3) is 5.91 Å². The minimum absolute atomic E-state index is 0.215. The maximum atomic E-state index is 13.4. The Morgan fingerprint density at radius 2 is 1.88 bits per heavy atom. The minimum Gasteiger partial charge on any atom is -0.469 e. The summed E-state index contributed by atoms with van der Waals surface area (Å²) in [6.07, 6.45) is 5.43. The molecule has 164 valence electrons. The number of fused-ring (bicyclic) bond motifs is 2. The number of thiazole rings is 1. The van der Waals surface area contributed by atoms with E-state index in [0.29, 0.717) is 17.7 Å². The van der Waals surface area contributed by atoms with E-state index in [1.54, 1.807) is 36.1 Å². The Bertz CT molecular complexity index is 1630. The zero-order chi connectivity index (χ0) is 22.9. The molecule has 2 aromatic carbocycles. The second-order valence-corrected chi connectivity index (χ2v) is 8.77. The van der Waals surface area contributed by atoms with Gasteiger partial charge in [-0.15, -0.1) is 11.3 Å². The number of benzene rings is 2. The average Bonchev–Trinajstić information content (AvgIpc) is 3.55. The van der Waals surface area contributed by atoms with Crippen LogP contribution in [0.25, 0.3) is 32.2 Å². The van der Waals surface area contributed by atoms with E-state index in [1.807, 2.05) is 48.0 Å². The molecule has 0 atom stereocenters. The summed E-state index contributed by atoms with van der Waals surface area (Å²) in [7, 11) is 0.